The van der Waals surface area contributed by atoms with Crippen molar-refractivity contribution in [3.05, 3.63) is 113 Å². The highest BCUT2D eigenvalue weighted by atomic mass is 16.2. The van der Waals surface area contributed by atoms with E-state index in [-0.39, 0.29) is 23.5 Å². The Bertz CT molecular complexity index is 1670. The number of carbonyl (C=O) groups is 3. The van der Waals surface area contributed by atoms with E-state index in [9.17, 15) is 14.4 Å². The molecule has 1 N–H and O–H groups in total. The number of fused-ring (bicyclic) bond motifs is 6. The van der Waals surface area contributed by atoms with E-state index < -0.39 is 16.9 Å². The summed E-state index contributed by atoms with van der Waals surface area (Å²) in [6.07, 6.45) is 1.62. The van der Waals surface area contributed by atoms with Crippen LogP contribution in [0, 0.1) is 5.92 Å². The van der Waals surface area contributed by atoms with Gasteiger partial charge in [-0.05, 0) is 47.4 Å². The lowest BCUT2D eigenvalue weighted by Crippen LogP contribution is -2.55. The van der Waals surface area contributed by atoms with Gasteiger partial charge in [0.25, 0.3) is 0 Å². The first-order valence-electron chi connectivity index (χ1n) is 12.9. The summed E-state index contributed by atoms with van der Waals surface area (Å²) in [6.45, 7) is 0.663. The van der Waals surface area contributed by atoms with E-state index in [1.165, 1.54) is 0 Å². The van der Waals surface area contributed by atoms with Crippen LogP contribution < -0.4 is 5.32 Å². The van der Waals surface area contributed by atoms with Crippen LogP contribution in [0.5, 0.6) is 0 Å². The molecule has 8 rings (SSSR count). The van der Waals surface area contributed by atoms with Gasteiger partial charge < -0.3 is 5.32 Å². The lowest BCUT2D eigenvalue weighted by atomic mass is 9.59. The van der Waals surface area contributed by atoms with Gasteiger partial charge in [0.15, 0.2) is 11.6 Å². The van der Waals surface area contributed by atoms with Crippen molar-refractivity contribution >= 4 is 33.9 Å². The zero-order valence-electron chi connectivity index (χ0n) is 20.1. The van der Waals surface area contributed by atoms with E-state index in [0.29, 0.717) is 17.7 Å². The molecule has 2 fully saturated rings. The van der Waals surface area contributed by atoms with E-state index in [0.717, 1.165) is 40.4 Å². The Balaban J connectivity index is 1.52. The lowest BCUT2D eigenvalue weighted by molar-refractivity contribution is -0.122. The van der Waals surface area contributed by atoms with Crippen molar-refractivity contribution in [2.45, 2.75) is 29.8 Å². The highest BCUT2D eigenvalue weighted by Gasteiger charge is 2.78. The topological polar surface area (TPSA) is 66.5 Å². The molecule has 5 nitrogen and oxygen atoms in total. The monoisotopic (exact) mass is 484 g/mol. The molecule has 1 unspecified atom stereocenters. The van der Waals surface area contributed by atoms with Gasteiger partial charge in [0.05, 0.1) is 5.92 Å². The Labute approximate surface area is 214 Å². The third-order valence-electron chi connectivity index (χ3n) is 9.33. The first-order chi connectivity index (χ1) is 18.1. The maximum atomic E-state index is 14.8. The van der Waals surface area contributed by atoms with Crippen molar-refractivity contribution in [3.8, 4) is 0 Å². The minimum Gasteiger partial charge on any atom is -0.325 e. The molecule has 1 aliphatic carbocycles. The van der Waals surface area contributed by atoms with Crippen molar-refractivity contribution < 1.29 is 14.4 Å². The third kappa shape index (κ3) is 2.24. The average molecular weight is 485 g/mol. The predicted octanol–water partition coefficient (Wildman–Crippen LogP) is 5.10. The highest BCUT2D eigenvalue weighted by molar-refractivity contribution is 6.25. The van der Waals surface area contributed by atoms with Gasteiger partial charge in [-0.15, -0.1) is 0 Å². The molecule has 4 atom stereocenters. The first kappa shape index (κ1) is 21.0. The smallest absolute Gasteiger partial charge is 0.237 e. The van der Waals surface area contributed by atoms with Gasteiger partial charge in [0.2, 0.25) is 5.91 Å². The molecule has 180 valence electrons. The number of anilines is 1. The molecule has 4 aromatic rings. The molecule has 5 heteroatoms. The normalized spacial score (nSPS) is 29.3. The van der Waals surface area contributed by atoms with Crippen LogP contribution in [0.3, 0.4) is 0 Å². The van der Waals surface area contributed by atoms with E-state index >= 15 is 0 Å². The van der Waals surface area contributed by atoms with E-state index in [1.807, 2.05) is 78.9 Å². The highest BCUT2D eigenvalue weighted by Crippen LogP contribution is 2.67. The number of hydrogen-bond donors (Lipinski definition) is 1. The molecule has 4 aromatic carbocycles. The molecule has 0 aromatic heterocycles. The number of amides is 1. The van der Waals surface area contributed by atoms with Gasteiger partial charge >= 0.3 is 0 Å². The Morgan fingerprint density at radius 3 is 2.41 bits per heavy atom. The van der Waals surface area contributed by atoms with Crippen LogP contribution in [-0.4, -0.2) is 35.0 Å². The molecule has 2 spiro atoms. The first-order valence-corrected chi connectivity index (χ1v) is 12.9. The fourth-order valence-electron chi connectivity index (χ4n) is 8.18. The molecule has 0 saturated carbocycles. The van der Waals surface area contributed by atoms with Gasteiger partial charge in [-0.25, -0.2) is 0 Å². The number of ketones is 2. The van der Waals surface area contributed by atoms with Crippen LogP contribution in [0.1, 0.15) is 44.7 Å². The largest absolute Gasteiger partial charge is 0.325 e. The van der Waals surface area contributed by atoms with Crippen molar-refractivity contribution in [2.24, 2.45) is 5.92 Å². The molecular formula is C32H24N2O3. The summed E-state index contributed by atoms with van der Waals surface area (Å²) >= 11 is 0. The average Bonchev–Trinajstić information content (AvgIpc) is 3.65. The van der Waals surface area contributed by atoms with E-state index in [1.54, 1.807) is 12.1 Å². The second kappa shape index (κ2) is 7.02. The van der Waals surface area contributed by atoms with Gasteiger partial charge in [0.1, 0.15) is 11.0 Å². The van der Waals surface area contributed by atoms with Crippen LogP contribution >= 0.6 is 0 Å². The Morgan fingerprint density at radius 1 is 0.838 bits per heavy atom. The van der Waals surface area contributed by atoms with E-state index in [2.05, 4.69) is 10.2 Å². The van der Waals surface area contributed by atoms with Gasteiger partial charge in [-0.3, -0.25) is 19.3 Å². The number of rotatable bonds is 2. The van der Waals surface area contributed by atoms with Crippen LogP contribution in [0.4, 0.5) is 5.69 Å². The molecule has 37 heavy (non-hydrogen) atoms. The molecule has 4 aliphatic rings. The second-order valence-corrected chi connectivity index (χ2v) is 10.7. The summed E-state index contributed by atoms with van der Waals surface area (Å²) in [5.74, 6) is -1.29. The van der Waals surface area contributed by atoms with Crippen molar-refractivity contribution in [1.29, 1.82) is 0 Å². The standard InChI is InChI=1S/C32H24N2O3/c35-27(20-9-2-1-3-10-20)28-31(22-14-4-5-16-24(22)33-30(31)37)25-17-8-18-34(25)32(28)23-15-7-12-19-11-6-13-21(26(19)23)29(32)36/h1-7,9-16,25,28H,8,17-18H2,(H,33,37)/t25?,28-,31+,32-/m0/s1. The SMILES string of the molecule is O=C(c1ccccc1)[C@H]1[C@]2(C(=O)Nc3ccccc32)C2CCCN2[C@]12C(=O)c1cccc3cccc2c13. The Kier molecular flexibility index (Phi) is 3.99. The lowest BCUT2D eigenvalue weighted by Gasteiger charge is -2.39. The van der Waals surface area contributed by atoms with Crippen LogP contribution in [0.2, 0.25) is 0 Å². The van der Waals surface area contributed by atoms with Gasteiger partial charge in [-0.1, -0.05) is 84.9 Å². The fraction of sp³-hybridized carbons (Fsp3) is 0.219. The number of para-hydroxylation sites is 1. The molecule has 0 bridgehead atoms. The third-order valence-corrected chi connectivity index (χ3v) is 9.33. The van der Waals surface area contributed by atoms with Crippen LogP contribution in [0.15, 0.2) is 91.0 Å². The predicted molar refractivity (Wildman–Crippen MR) is 141 cm³/mol. The van der Waals surface area contributed by atoms with Gasteiger partial charge in [-0.2, -0.15) is 0 Å². The number of nitrogens with one attached hydrogen (secondary N) is 1. The minimum atomic E-state index is -1.24. The summed E-state index contributed by atoms with van der Waals surface area (Å²) in [4.78, 5) is 46.2. The van der Waals surface area contributed by atoms with Crippen molar-refractivity contribution in [2.75, 3.05) is 11.9 Å². The summed E-state index contributed by atoms with van der Waals surface area (Å²) < 4.78 is 0. The number of benzene rings is 4. The zero-order chi connectivity index (χ0) is 24.9. The maximum Gasteiger partial charge on any atom is 0.237 e. The Morgan fingerprint density at radius 2 is 1.57 bits per heavy atom. The molecule has 2 saturated heterocycles. The fourth-order valence-corrected chi connectivity index (χ4v) is 8.18. The quantitative estimate of drug-likeness (QED) is 0.402. The van der Waals surface area contributed by atoms with Crippen LogP contribution in [-0.2, 0) is 15.7 Å². The summed E-state index contributed by atoms with van der Waals surface area (Å²) in [5, 5.41) is 5.01. The summed E-state index contributed by atoms with van der Waals surface area (Å²) in [5.41, 5.74) is 1.20. The van der Waals surface area contributed by atoms with E-state index in [4.69, 9.17) is 0 Å². The number of nitrogens with zero attached hydrogens (tertiary/aromatic N) is 1. The second-order valence-electron chi connectivity index (χ2n) is 10.7. The molecule has 3 heterocycles. The zero-order valence-corrected chi connectivity index (χ0v) is 20.1. The molecule has 3 aliphatic heterocycles. The summed E-state index contributed by atoms with van der Waals surface area (Å²) in [6, 6.07) is 28.4. The van der Waals surface area contributed by atoms with Crippen molar-refractivity contribution in [3.63, 3.8) is 0 Å². The number of carbonyl (C=O) groups excluding carboxylic acids is 3. The number of Topliss-reactive ketones (excluding diaryl/α,β-unsaturated/α-hetero) is 2. The van der Waals surface area contributed by atoms with Crippen molar-refractivity contribution in [1.82, 2.24) is 4.90 Å². The molecule has 0 radical (unpaired) electrons. The minimum absolute atomic E-state index is 0.0606. The van der Waals surface area contributed by atoms with Gasteiger partial charge in [0, 0.05) is 22.9 Å². The maximum absolute atomic E-state index is 14.8. The van der Waals surface area contributed by atoms with Crippen LogP contribution in [0.25, 0.3) is 10.8 Å². The summed E-state index contributed by atoms with van der Waals surface area (Å²) in [7, 11) is 0. The number of hydrogen-bond acceptors (Lipinski definition) is 4. The Hall–Kier alpha value is -4.09. The molecular weight excluding hydrogens is 460 g/mol. The molecule has 1 amide bonds.